The average Bonchev–Trinajstić information content (AvgIpc) is 2.35. The minimum absolute atomic E-state index is 0.129. The first kappa shape index (κ1) is 14.7. The third kappa shape index (κ3) is 3.89. The lowest BCUT2D eigenvalue weighted by molar-refractivity contribution is 0.0500. The van der Waals surface area contributed by atoms with Crippen LogP contribution in [0.1, 0.15) is 38.3 Å². The molecule has 2 rings (SSSR count). The number of benzene rings is 1. The van der Waals surface area contributed by atoms with Crippen molar-refractivity contribution in [3.8, 4) is 5.75 Å². The van der Waals surface area contributed by atoms with E-state index in [0.29, 0.717) is 0 Å². The zero-order valence-corrected chi connectivity index (χ0v) is 12.7. The number of carbonyl (C=O) groups excluding carboxylic acids is 1. The smallest absolute Gasteiger partial charge is 0.407 e. The molecule has 0 aliphatic heterocycles. The first-order chi connectivity index (χ1) is 9.37. The Morgan fingerprint density at radius 2 is 2.05 bits per heavy atom. The Morgan fingerprint density at radius 1 is 1.30 bits per heavy atom. The second kappa shape index (κ2) is 5.73. The van der Waals surface area contributed by atoms with Crippen LogP contribution >= 0.6 is 0 Å². The van der Waals surface area contributed by atoms with Crippen molar-refractivity contribution in [3.63, 3.8) is 0 Å². The Morgan fingerprint density at radius 3 is 2.70 bits per heavy atom. The van der Waals surface area contributed by atoms with Gasteiger partial charge in [-0.05, 0) is 63.3 Å². The van der Waals surface area contributed by atoms with Crippen molar-refractivity contribution in [1.29, 1.82) is 0 Å². The van der Waals surface area contributed by atoms with Gasteiger partial charge >= 0.3 is 6.09 Å². The van der Waals surface area contributed by atoms with E-state index < -0.39 is 5.60 Å². The van der Waals surface area contributed by atoms with Gasteiger partial charge in [0.2, 0.25) is 0 Å². The molecule has 0 heterocycles. The fourth-order valence-electron chi connectivity index (χ4n) is 2.46. The predicted molar refractivity (Wildman–Crippen MR) is 78.2 cm³/mol. The lowest BCUT2D eigenvalue weighted by Crippen LogP contribution is -2.41. The summed E-state index contributed by atoms with van der Waals surface area (Å²) in [6.45, 7) is 5.61. The van der Waals surface area contributed by atoms with Gasteiger partial charge in [0, 0.05) is 6.04 Å². The number of alkyl carbamates (subject to hydrolysis) is 1. The second-order valence-electron chi connectivity index (χ2n) is 6.22. The summed E-state index contributed by atoms with van der Waals surface area (Å²) in [5.41, 5.74) is 2.13. The van der Waals surface area contributed by atoms with Crippen molar-refractivity contribution in [2.45, 2.75) is 51.7 Å². The molecule has 1 aliphatic rings. The number of hydrogen-bond acceptors (Lipinski definition) is 3. The van der Waals surface area contributed by atoms with Crippen LogP contribution in [-0.4, -0.2) is 24.8 Å². The summed E-state index contributed by atoms with van der Waals surface area (Å²) in [7, 11) is 1.67. The third-order valence-electron chi connectivity index (χ3n) is 3.36. The maximum Gasteiger partial charge on any atom is 0.407 e. The molecule has 0 bridgehead atoms. The molecular formula is C16H23NO3. The second-order valence-corrected chi connectivity index (χ2v) is 6.22. The monoisotopic (exact) mass is 277 g/mol. The summed E-state index contributed by atoms with van der Waals surface area (Å²) in [4.78, 5) is 11.8. The van der Waals surface area contributed by atoms with Crippen LogP contribution < -0.4 is 10.1 Å². The highest BCUT2D eigenvalue weighted by molar-refractivity contribution is 5.68. The molecule has 1 aliphatic carbocycles. The molecule has 0 radical (unpaired) electrons. The summed E-state index contributed by atoms with van der Waals surface area (Å²) in [5.74, 6) is 0.863. The van der Waals surface area contributed by atoms with Gasteiger partial charge in [-0.1, -0.05) is 6.07 Å². The van der Waals surface area contributed by atoms with Crippen molar-refractivity contribution < 1.29 is 14.3 Å². The van der Waals surface area contributed by atoms with E-state index in [1.54, 1.807) is 7.11 Å². The van der Waals surface area contributed by atoms with Crippen molar-refractivity contribution in [3.05, 3.63) is 29.3 Å². The number of rotatable bonds is 2. The van der Waals surface area contributed by atoms with Gasteiger partial charge in [-0.25, -0.2) is 4.79 Å². The predicted octanol–water partition coefficient (Wildman–Crippen LogP) is 3.08. The number of aryl methyl sites for hydroxylation is 1. The van der Waals surface area contributed by atoms with Crippen LogP contribution in [0.3, 0.4) is 0 Å². The minimum atomic E-state index is -0.458. The van der Waals surface area contributed by atoms with Crippen LogP contribution in [0.15, 0.2) is 18.2 Å². The van der Waals surface area contributed by atoms with E-state index in [9.17, 15) is 4.79 Å². The van der Waals surface area contributed by atoms with Crippen LogP contribution in [-0.2, 0) is 17.6 Å². The van der Waals surface area contributed by atoms with Gasteiger partial charge in [-0.2, -0.15) is 0 Å². The average molecular weight is 277 g/mol. The summed E-state index contributed by atoms with van der Waals surface area (Å²) in [6.07, 6.45) is 2.40. The number of ether oxygens (including phenoxy) is 2. The summed E-state index contributed by atoms with van der Waals surface area (Å²) in [5, 5.41) is 2.95. The largest absolute Gasteiger partial charge is 0.497 e. The molecule has 1 amide bonds. The lowest BCUT2D eigenvalue weighted by Gasteiger charge is -2.27. The molecular weight excluding hydrogens is 254 g/mol. The zero-order chi connectivity index (χ0) is 14.8. The van der Waals surface area contributed by atoms with Gasteiger partial charge in [0.1, 0.15) is 11.4 Å². The molecule has 0 spiro atoms. The molecule has 4 heteroatoms. The molecule has 0 fully saturated rings. The standard InChI is InChI=1S/C16H23NO3/c1-16(2,3)20-15(18)17-13-7-5-11-6-8-14(19-4)10-12(11)9-13/h6,8,10,13H,5,7,9H2,1-4H3,(H,17,18)/t13-/m0/s1. The number of nitrogens with one attached hydrogen (secondary N) is 1. The van der Waals surface area contributed by atoms with Gasteiger partial charge in [0.25, 0.3) is 0 Å². The molecule has 0 aromatic heterocycles. The molecule has 0 saturated carbocycles. The van der Waals surface area contributed by atoms with E-state index in [-0.39, 0.29) is 12.1 Å². The van der Waals surface area contributed by atoms with E-state index >= 15 is 0 Å². The van der Waals surface area contributed by atoms with E-state index in [1.165, 1.54) is 11.1 Å². The van der Waals surface area contributed by atoms with Crippen molar-refractivity contribution in [2.24, 2.45) is 0 Å². The highest BCUT2D eigenvalue weighted by Crippen LogP contribution is 2.25. The highest BCUT2D eigenvalue weighted by atomic mass is 16.6. The Hall–Kier alpha value is -1.71. The van der Waals surface area contributed by atoms with Crippen molar-refractivity contribution >= 4 is 6.09 Å². The van der Waals surface area contributed by atoms with Crippen molar-refractivity contribution in [1.82, 2.24) is 5.32 Å². The van der Waals surface area contributed by atoms with Gasteiger partial charge in [0.05, 0.1) is 7.11 Å². The molecule has 20 heavy (non-hydrogen) atoms. The van der Waals surface area contributed by atoms with Crippen molar-refractivity contribution in [2.75, 3.05) is 7.11 Å². The highest BCUT2D eigenvalue weighted by Gasteiger charge is 2.23. The summed E-state index contributed by atoms with van der Waals surface area (Å²) in [6, 6.07) is 6.28. The van der Waals surface area contributed by atoms with Crippen LogP contribution in [0.25, 0.3) is 0 Å². The topological polar surface area (TPSA) is 47.6 Å². The molecule has 1 aromatic carbocycles. The fourth-order valence-corrected chi connectivity index (χ4v) is 2.46. The van der Waals surface area contributed by atoms with E-state index in [1.807, 2.05) is 26.8 Å². The van der Waals surface area contributed by atoms with Gasteiger partial charge in [-0.3, -0.25) is 0 Å². The van der Waals surface area contributed by atoms with Gasteiger partial charge in [0.15, 0.2) is 0 Å². The fraction of sp³-hybridized carbons (Fsp3) is 0.562. The maximum atomic E-state index is 11.8. The lowest BCUT2D eigenvalue weighted by atomic mass is 9.88. The normalized spacial score (nSPS) is 18.1. The Balaban J connectivity index is 1.98. The zero-order valence-electron chi connectivity index (χ0n) is 12.7. The van der Waals surface area contributed by atoms with E-state index in [2.05, 4.69) is 17.4 Å². The number of carbonyl (C=O) groups is 1. The van der Waals surface area contributed by atoms with Gasteiger partial charge in [-0.15, -0.1) is 0 Å². The minimum Gasteiger partial charge on any atom is -0.497 e. The number of fused-ring (bicyclic) bond motifs is 1. The Kier molecular flexibility index (Phi) is 4.21. The van der Waals surface area contributed by atoms with E-state index in [4.69, 9.17) is 9.47 Å². The molecule has 110 valence electrons. The summed E-state index contributed by atoms with van der Waals surface area (Å²) >= 11 is 0. The Labute approximate surface area is 120 Å². The molecule has 0 unspecified atom stereocenters. The molecule has 4 nitrogen and oxygen atoms in total. The molecule has 1 N–H and O–H groups in total. The number of amides is 1. The number of methoxy groups -OCH3 is 1. The molecule has 0 saturated heterocycles. The first-order valence-electron chi connectivity index (χ1n) is 7.03. The van der Waals surface area contributed by atoms with E-state index in [0.717, 1.165) is 25.0 Å². The van der Waals surface area contributed by atoms with Crippen LogP contribution in [0.4, 0.5) is 4.79 Å². The maximum absolute atomic E-state index is 11.8. The summed E-state index contributed by atoms with van der Waals surface area (Å²) < 4.78 is 10.5. The SMILES string of the molecule is COc1ccc2c(c1)C[C@@H](NC(=O)OC(C)(C)C)CC2. The van der Waals surface area contributed by atoms with Crippen LogP contribution in [0.2, 0.25) is 0 Å². The third-order valence-corrected chi connectivity index (χ3v) is 3.36. The van der Waals surface area contributed by atoms with Crippen LogP contribution in [0, 0.1) is 0 Å². The van der Waals surface area contributed by atoms with Crippen LogP contribution in [0.5, 0.6) is 5.75 Å². The Bertz CT molecular complexity index is 491. The first-order valence-corrected chi connectivity index (χ1v) is 7.03. The quantitative estimate of drug-likeness (QED) is 0.903. The molecule has 1 atom stereocenters. The van der Waals surface area contributed by atoms with Gasteiger partial charge < -0.3 is 14.8 Å². The molecule has 1 aromatic rings. The number of hydrogen-bond donors (Lipinski definition) is 1.